The van der Waals surface area contributed by atoms with E-state index in [1.165, 1.54) is 5.69 Å². The second kappa shape index (κ2) is 4.13. The molecule has 1 aliphatic rings. The van der Waals surface area contributed by atoms with Crippen LogP contribution in [0, 0.1) is 0 Å². The zero-order valence-corrected chi connectivity index (χ0v) is 8.47. The van der Waals surface area contributed by atoms with Gasteiger partial charge < -0.3 is 4.98 Å². The highest BCUT2D eigenvalue weighted by Gasteiger charge is 2.18. The summed E-state index contributed by atoms with van der Waals surface area (Å²) in [5.74, 6) is 0. The van der Waals surface area contributed by atoms with Crippen molar-refractivity contribution in [2.45, 2.75) is 19.4 Å². The summed E-state index contributed by atoms with van der Waals surface area (Å²) in [5, 5.41) is 0. The van der Waals surface area contributed by atoms with E-state index in [0.717, 1.165) is 19.5 Å². The van der Waals surface area contributed by atoms with E-state index >= 15 is 0 Å². The predicted molar refractivity (Wildman–Crippen MR) is 54.1 cm³/mol. The van der Waals surface area contributed by atoms with Crippen LogP contribution < -0.4 is 4.72 Å². The smallest absolute Gasteiger partial charge is 0.0921 e. The molecule has 13 heavy (non-hydrogen) atoms. The van der Waals surface area contributed by atoms with Crippen LogP contribution in [-0.2, 0) is 6.42 Å². The number of rotatable bonds is 3. The Hall–Kier alpha value is -0.520. The molecule has 1 aromatic rings. The lowest BCUT2D eigenvalue weighted by molar-refractivity contribution is 0.470. The van der Waals surface area contributed by atoms with E-state index in [1.54, 1.807) is 18.5 Å². The molecule has 1 unspecified atom stereocenters. The van der Waals surface area contributed by atoms with E-state index in [1.807, 2.05) is 6.20 Å². The summed E-state index contributed by atoms with van der Waals surface area (Å²) in [6, 6.07) is 0.603. The first kappa shape index (κ1) is 9.05. The number of hydrogen-bond donors (Lipinski definition) is 2. The van der Waals surface area contributed by atoms with Crippen molar-refractivity contribution in [3.05, 3.63) is 18.2 Å². The molecule has 1 atom stereocenters. The molecule has 0 saturated carbocycles. The summed E-state index contributed by atoms with van der Waals surface area (Å²) in [6.45, 7) is 4.40. The van der Waals surface area contributed by atoms with Gasteiger partial charge in [-0.1, -0.05) is 0 Å². The average Bonchev–Trinajstić information content (AvgIpc) is 2.71. The predicted octanol–water partition coefficient (Wildman–Crippen LogP) is 0.809. The molecular formula is C8H14N4S. The number of aromatic nitrogens is 2. The van der Waals surface area contributed by atoms with Gasteiger partial charge in [0.15, 0.2) is 0 Å². The standard InChI is InChI=1S/C8H14N4S/c1-7-5-12(13-11-7)3-2-8-4-9-6-10-8/h4,6-7,11H,2-3,5H2,1H3,(H,9,10). The van der Waals surface area contributed by atoms with Crippen LogP contribution in [-0.4, -0.2) is 33.4 Å². The SMILES string of the molecule is CC1CN(CCc2cnc[nH]2)SN1. The topological polar surface area (TPSA) is 44.0 Å². The largest absolute Gasteiger partial charge is 0.348 e. The maximum atomic E-state index is 3.99. The molecule has 1 aliphatic heterocycles. The van der Waals surface area contributed by atoms with E-state index < -0.39 is 0 Å². The number of imidazole rings is 1. The van der Waals surface area contributed by atoms with Crippen molar-refractivity contribution in [1.29, 1.82) is 0 Å². The molecule has 0 amide bonds. The van der Waals surface area contributed by atoms with Gasteiger partial charge in [-0.3, -0.25) is 0 Å². The maximum Gasteiger partial charge on any atom is 0.0921 e. The fourth-order valence-electron chi connectivity index (χ4n) is 1.35. The van der Waals surface area contributed by atoms with Crippen molar-refractivity contribution in [3.8, 4) is 0 Å². The van der Waals surface area contributed by atoms with Crippen LogP contribution in [0.5, 0.6) is 0 Å². The molecule has 0 spiro atoms. The van der Waals surface area contributed by atoms with Gasteiger partial charge in [-0.2, -0.15) is 0 Å². The Kier molecular flexibility index (Phi) is 2.87. The van der Waals surface area contributed by atoms with Crippen molar-refractivity contribution in [2.24, 2.45) is 0 Å². The normalized spacial score (nSPS) is 23.9. The molecule has 1 saturated heterocycles. The highest BCUT2D eigenvalue weighted by Crippen LogP contribution is 2.15. The first-order valence-corrected chi connectivity index (χ1v) is 5.26. The van der Waals surface area contributed by atoms with Crippen molar-refractivity contribution in [3.63, 3.8) is 0 Å². The number of nitrogens with zero attached hydrogens (tertiary/aromatic N) is 2. The van der Waals surface area contributed by atoms with Crippen LogP contribution in [0.4, 0.5) is 0 Å². The summed E-state index contributed by atoms with van der Waals surface area (Å²) in [5.41, 5.74) is 1.21. The lowest BCUT2D eigenvalue weighted by atomic mass is 10.3. The third kappa shape index (κ3) is 2.46. The fraction of sp³-hybridized carbons (Fsp3) is 0.625. The van der Waals surface area contributed by atoms with E-state index in [-0.39, 0.29) is 0 Å². The summed E-state index contributed by atoms with van der Waals surface area (Å²) in [7, 11) is 0. The lowest BCUT2D eigenvalue weighted by Gasteiger charge is -2.10. The van der Waals surface area contributed by atoms with Crippen molar-refractivity contribution >= 4 is 12.1 Å². The molecular weight excluding hydrogens is 184 g/mol. The van der Waals surface area contributed by atoms with Crippen molar-refractivity contribution < 1.29 is 0 Å². The summed E-state index contributed by atoms with van der Waals surface area (Å²) >= 11 is 1.72. The van der Waals surface area contributed by atoms with Gasteiger partial charge >= 0.3 is 0 Å². The van der Waals surface area contributed by atoms with Crippen molar-refractivity contribution in [2.75, 3.05) is 13.1 Å². The Labute approximate surface area is 82.4 Å². The molecule has 1 aromatic heterocycles. The first-order chi connectivity index (χ1) is 6.34. The van der Waals surface area contributed by atoms with Gasteiger partial charge in [0.05, 0.1) is 6.33 Å². The van der Waals surface area contributed by atoms with Crippen LogP contribution in [0.3, 0.4) is 0 Å². The van der Waals surface area contributed by atoms with Gasteiger partial charge in [0.25, 0.3) is 0 Å². The van der Waals surface area contributed by atoms with E-state index in [4.69, 9.17) is 0 Å². The third-order valence-corrected chi connectivity index (χ3v) is 3.14. The average molecular weight is 198 g/mol. The molecule has 0 bridgehead atoms. The van der Waals surface area contributed by atoms with Crippen LogP contribution >= 0.6 is 12.1 Å². The second-order valence-corrected chi connectivity index (χ2v) is 4.26. The summed E-state index contributed by atoms with van der Waals surface area (Å²) in [6.07, 6.45) is 4.66. The second-order valence-electron chi connectivity index (χ2n) is 3.33. The lowest BCUT2D eigenvalue weighted by Crippen LogP contribution is -2.20. The number of aromatic amines is 1. The molecule has 0 aromatic carbocycles. The Balaban J connectivity index is 1.74. The molecule has 0 aliphatic carbocycles. The fourth-order valence-corrected chi connectivity index (χ4v) is 2.23. The van der Waals surface area contributed by atoms with Gasteiger partial charge in [-0.05, 0) is 6.92 Å². The first-order valence-electron chi connectivity index (χ1n) is 4.49. The van der Waals surface area contributed by atoms with E-state index in [9.17, 15) is 0 Å². The van der Waals surface area contributed by atoms with Gasteiger partial charge in [0.1, 0.15) is 0 Å². The molecule has 2 rings (SSSR count). The van der Waals surface area contributed by atoms with Gasteiger partial charge in [0, 0.05) is 49.6 Å². The zero-order valence-electron chi connectivity index (χ0n) is 7.66. The highest BCUT2D eigenvalue weighted by molar-refractivity contribution is 7.95. The van der Waals surface area contributed by atoms with Crippen LogP contribution in [0.2, 0.25) is 0 Å². The minimum absolute atomic E-state index is 0.603. The number of nitrogens with one attached hydrogen (secondary N) is 2. The molecule has 0 radical (unpaired) electrons. The van der Waals surface area contributed by atoms with Crippen LogP contribution in [0.25, 0.3) is 0 Å². The Morgan fingerprint density at radius 2 is 2.69 bits per heavy atom. The maximum absolute atomic E-state index is 3.99. The van der Waals surface area contributed by atoms with Crippen LogP contribution in [0.15, 0.2) is 12.5 Å². The molecule has 1 fully saturated rings. The number of H-pyrrole nitrogens is 1. The zero-order chi connectivity index (χ0) is 9.10. The van der Waals surface area contributed by atoms with Gasteiger partial charge in [-0.15, -0.1) is 0 Å². The molecule has 5 heteroatoms. The van der Waals surface area contributed by atoms with Gasteiger partial charge in [-0.25, -0.2) is 14.0 Å². The monoisotopic (exact) mass is 198 g/mol. The quantitative estimate of drug-likeness (QED) is 0.705. The molecule has 2 heterocycles. The third-order valence-electron chi connectivity index (χ3n) is 2.05. The Morgan fingerprint density at radius 1 is 1.77 bits per heavy atom. The van der Waals surface area contributed by atoms with Crippen molar-refractivity contribution in [1.82, 2.24) is 19.0 Å². The summed E-state index contributed by atoms with van der Waals surface area (Å²) < 4.78 is 5.66. The van der Waals surface area contributed by atoms with Crippen LogP contribution in [0.1, 0.15) is 12.6 Å². The highest BCUT2D eigenvalue weighted by atomic mass is 32.2. The minimum atomic E-state index is 0.603. The van der Waals surface area contributed by atoms with E-state index in [2.05, 4.69) is 25.9 Å². The van der Waals surface area contributed by atoms with Gasteiger partial charge in [0.2, 0.25) is 0 Å². The molecule has 4 nitrogen and oxygen atoms in total. The van der Waals surface area contributed by atoms with E-state index in [0.29, 0.717) is 6.04 Å². The Bertz CT molecular complexity index is 249. The Morgan fingerprint density at radius 3 is 3.31 bits per heavy atom. The minimum Gasteiger partial charge on any atom is -0.348 e. The molecule has 72 valence electrons. The number of hydrogen-bond acceptors (Lipinski definition) is 4. The summed E-state index contributed by atoms with van der Waals surface area (Å²) in [4.78, 5) is 7.09. The molecule has 2 N–H and O–H groups in total.